The number of methoxy groups -OCH3 is 1. The molecule has 0 saturated carbocycles. The fraction of sp³-hybridized carbons (Fsp3) is 0.455. The van der Waals surface area contributed by atoms with Crippen LogP contribution in [0.2, 0.25) is 0 Å². The third-order valence-electron chi connectivity index (χ3n) is 1.75. The van der Waals surface area contributed by atoms with Gasteiger partial charge in [-0.2, -0.15) is 0 Å². The Morgan fingerprint density at radius 2 is 1.71 bits per heavy atom. The van der Waals surface area contributed by atoms with Crippen molar-refractivity contribution >= 4 is 0 Å². The number of hydrogen-bond donors (Lipinski definition) is 0. The van der Waals surface area contributed by atoms with Gasteiger partial charge in [-0.1, -0.05) is 0 Å². The van der Waals surface area contributed by atoms with E-state index < -0.39 is 0 Å². The van der Waals surface area contributed by atoms with Gasteiger partial charge in [-0.05, 0) is 26.0 Å². The molecular formula is C11H16O3. The van der Waals surface area contributed by atoms with Gasteiger partial charge in [-0.3, -0.25) is 0 Å². The zero-order chi connectivity index (χ0) is 10.4. The van der Waals surface area contributed by atoms with Gasteiger partial charge in [0.1, 0.15) is 5.75 Å². The molecule has 0 amide bonds. The van der Waals surface area contributed by atoms with Gasteiger partial charge < -0.3 is 14.2 Å². The monoisotopic (exact) mass is 196 g/mol. The van der Waals surface area contributed by atoms with Crippen LogP contribution in [0.5, 0.6) is 17.2 Å². The van der Waals surface area contributed by atoms with Crippen LogP contribution in [0, 0.1) is 0 Å². The molecule has 0 radical (unpaired) electrons. The second-order valence-electron chi connectivity index (χ2n) is 2.68. The highest BCUT2D eigenvalue weighted by Gasteiger charge is 2.04. The second kappa shape index (κ2) is 5.37. The molecule has 78 valence electrons. The molecule has 14 heavy (non-hydrogen) atoms. The molecule has 3 nitrogen and oxygen atoms in total. The van der Waals surface area contributed by atoms with E-state index in [9.17, 15) is 0 Å². The molecule has 0 aliphatic carbocycles. The van der Waals surface area contributed by atoms with Crippen molar-refractivity contribution in [2.24, 2.45) is 0 Å². The predicted octanol–water partition coefficient (Wildman–Crippen LogP) is 2.49. The van der Waals surface area contributed by atoms with Crippen molar-refractivity contribution in [3.8, 4) is 17.2 Å². The molecular weight excluding hydrogens is 180 g/mol. The highest BCUT2D eigenvalue weighted by Crippen LogP contribution is 2.31. The Hall–Kier alpha value is -1.38. The van der Waals surface area contributed by atoms with Gasteiger partial charge in [-0.15, -0.1) is 0 Å². The Morgan fingerprint density at radius 3 is 2.29 bits per heavy atom. The van der Waals surface area contributed by atoms with E-state index in [4.69, 9.17) is 14.2 Å². The molecule has 0 heterocycles. The maximum Gasteiger partial charge on any atom is 0.164 e. The molecule has 1 aromatic rings. The van der Waals surface area contributed by atoms with Crippen molar-refractivity contribution in [2.75, 3.05) is 20.3 Å². The summed E-state index contributed by atoms with van der Waals surface area (Å²) >= 11 is 0. The van der Waals surface area contributed by atoms with E-state index >= 15 is 0 Å². The van der Waals surface area contributed by atoms with E-state index in [0.29, 0.717) is 19.0 Å². The average Bonchev–Trinajstić information content (AvgIpc) is 2.21. The molecule has 0 spiro atoms. The summed E-state index contributed by atoms with van der Waals surface area (Å²) in [6, 6.07) is 5.55. The number of benzene rings is 1. The molecule has 0 bridgehead atoms. The zero-order valence-corrected chi connectivity index (χ0v) is 8.87. The Balaban J connectivity index is 2.87. The van der Waals surface area contributed by atoms with Gasteiger partial charge in [-0.25, -0.2) is 0 Å². The van der Waals surface area contributed by atoms with Crippen molar-refractivity contribution in [3.63, 3.8) is 0 Å². The smallest absolute Gasteiger partial charge is 0.164 e. The summed E-state index contributed by atoms with van der Waals surface area (Å²) < 4.78 is 15.9. The summed E-state index contributed by atoms with van der Waals surface area (Å²) in [6.45, 7) is 5.17. The van der Waals surface area contributed by atoms with Crippen LogP contribution in [0.15, 0.2) is 18.2 Å². The second-order valence-corrected chi connectivity index (χ2v) is 2.68. The molecule has 0 fully saturated rings. The SMILES string of the molecule is CCOc1ccc(OCC)c(OC)c1. The van der Waals surface area contributed by atoms with Crippen LogP contribution in [-0.2, 0) is 0 Å². The molecule has 0 N–H and O–H groups in total. The fourth-order valence-corrected chi connectivity index (χ4v) is 1.18. The minimum Gasteiger partial charge on any atom is -0.494 e. The van der Waals surface area contributed by atoms with Crippen LogP contribution in [-0.4, -0.2) is 20.3 Å². The van der Waals surface area contributed by atoms with Gasteiger partial charge in [0, 0.05) is 6.07 Å². The van der Waals surface area contributed by atoms with E-state index in [1.807, 2.05) is 32.0 Å². The predicted molar refractivity (Wildman–Crippen MR) is 55.3 cm³/mol. The van der Waals surface area contributed by atoms with E-state index in [1.165, 1.54) is 0 Å². The lowest BCUT2D eigenvalue weighted by Gasteiger charge is -2.10. The van der Waals surface area contributed by atoms with Crippen molar-refractivity contribution in [2.45, 2.75) is 13.8 Å². The van der Waals surface area contributed by atoms with Crippen molar-refractivity contribution in [1.82, 2.24) is 0 Å². The van der Waals surface area contributed by atoms with Crippen molar-refractivity contribution < 1.29 is 14.2 Å². The summed E-state index contributed by atoms with van der Waals surface area (Å²) in [7, 11) is 1.62. The zero-order valence-electron chi connectivity index (χ0n) is 8.87. The van der Waals surface area contributed by atoms with Gasteiger partial charge in [0.2, 0.25) is 0 Å². The molecule has 0 aliphatic heterocycles. The van der Waals surface area contributed by atoms with E-state index in [2.05, 4.69) is 0 Å². The van der Waals surface area contributed by atoms with Crippen LogP contribution in [0.1, 0.15) is 13.8 Å². The maximum atomic E-state index is 5.38. The third kappa shape index (κ3) is 2.55. The molecule has 0 aromatic heterocycles. The largest absolute Gasteiger partial charge is 0.494 e. The number of hydrogen-bond acceptors (Lipinski definition) is 3. The van der Waals surface area contributed by atoms with Crippen LogP contribution in [0.4, 0.5) is 0 Å². The van der Waals surface area contributed by atoms with Crippen LogP contribution >= 0.6 is 0 Å². The molecule has 0 atom stereocenters. The minimum absolute atomic E-state index is 0.629. The van der Waals surface area contributed by atoms with Crippen LogP contribution in [0.3, 0.4) is 0 Å². The van der Waals surface area contributed by atoms with Gasteiger partial charge in [0.15, 0.2) is 11.5 Å². The van der Waals surface area contributed by atoms with E-state index in [-0.39, 0.29) is 0 Å². The first-order chi connectivity index (χ1) is 6.81. The highest BCUT2D eigenvalue weighted by molar-refractivity contribution is 5.45. The summed E-state index contributed by atoms with van der Waals surface area (Å²) in [5.41, 5.74) is 0. The first kappa shape index (κ1) is 10.7. The Morgan fingerprint density at radius 1 is 1.00 bits per heavy atom. The summed E-state index contributed by atoms with van der Waals surface area (Å²) in [6.07, 6.45) is 0. The third-order valence-corrected chi connectivity index (χ3v) is 1.75. The lowest BCUT2D eigenvalue weighted by molar-refractivity contribution is 0.304. The van der Waals surface area contributed by atoms with Gasteiger partial charge in [0.25, 0.3) is 0 Å². The normalized spacial score (nSPS) is 9.64. The number of ether oxygens (including phenoxy) is 3. The fourth-order valence-electron chi connectivity index (χ4n) is 1.18. The van der Waals surface area contributed by atoms with E-state index in [0.717, 1.165) is 11.5 Å². The lowest BCUT2D eigenvalue weighted by atomic mass is 10.3. The average molecular weight is 196 g/mol. The molecule has 1 rings (SSSR count). The molecule has 0 unspecified atom stereocenters. The van der Waals surface area contributed by atoms with Crippen LogP contribution in [0.25, 0.3) is 0 Å². The first-order valence-electron chi connectivity index (χ1n) is 4.75. The first-order valence-corrected chi connectivity index (χ1v) is 4.75. The topological polar surface area (TPSA) is 27.7 Å². The summed E-state index contributed by atoms with van der Waals surface area (Å²) in [4.78, 5) is 0. The van der Waals surface area contributed by atoms with E-state index in [1.54, 1.807) is 7.11 Å². The Labute approximate surface area is 84.6 Å². The van der Waals surface area contributed by atoms with Gasteiger partial charge in [0.05, 0.1) is 20.3 Å². The molecule has 0 saturated heterocycles. The van der Waals surface area contributed by atoms with Crippen molar-refractivity contribution in [1.29, 1.82) is 0 Å². The lowest BCUT2D eigenvalue weighted by Crippen LogP contribution is -1.97. The standard InChI is InChI=1S/C11H16O3/c1-4-13-9-6-7-10(14-5-2)11(8-9)12-3/h6-8H,4-5H2,1-3H3. The van der Waals surface area contributed by atoms with Crippen molar-refractivity contribution in [3.05, 3.63) is 18.2 Å². The Bertz CT molecular complexity index is 284. The minimum atomic E-state index is 0.629. The summed E-state index contributed by atoms with van der Waals surface area (Å²) in [5, 5.41) is 0. The van der Waals surface area contributed by atoms with Gasteiger partial charge >= 0.3 is 0 Å². The number of rotatable bonds is 5. The van der Waals surface area contributed by atoms with Crippen LogP contribution < -0.4 is 14.2 Å². The summed E-state index contributed by atoms with van der Waals surface area (Å²) in [5.74, 6) is 2.25. The highest BCUT2D eigenvalue weighted by atomic mass is 16.5. The molecule has 3 heteroatoms. The maximum absolute atomic E-state index is 5.38. The molecule has 0 aliphatic rings. The Kier molecular flexibility index (Phi) is 4.11. The quantitative estimate of drug-likeness (QED) is 0.724. The molecule has 1 aromatic carbocycles.